The molecule has 0 aliphatic heterocycles. The summed E-state index contributed by atoms with van der Waals surface area (Å²) in [7, 11) is 0. The summed E-state index contributed by atoms with van der Waals surface area (Å²) < 4.78 is 5.87. The Hall–Kier alpha value is -1.65. The molecule has 0 bridgehead atoms. The highest BCUT2D eigenvalue weighted by atomic mass is 35.5. The van der Waals surface area contributed by atoms with Crippen LogP contribution in [0, 0.1) is 0 Å². The number of halogens is 1. The van der Waals surface area contributed by atoms with E-state index in [1.165, 1.54) is 5.56 Å². The molecule has 0 fully saturated rings. The summed E-state index contributed by atoms with van der Waals surface area (Å²) in [6.45, 7) is 7.44. The first-order chi connectivity index (χ1) is 12.4. The van der Waals surface area contributed by atoms with Gasteiger partial charge >= 0.3 is 0 Å². The molecule has 2 aromatic carbocycles. The lowest BCUT2D eigenvalue weighted by molar-refractivity contribution is -0.118. The Bertz CT molecular complexity index is 711. The van der Waals surface area contributed by atoms with Crippen LogP contribution in [0.4, 0.5) is 0 Å². The lowest BCUT2D eigenvalue weighted by Gasteiger charge is -2.22. The fourth-order valence-electron chi connectivity index (χ4n) is 2.46. The van der Waals surface area contributed by atoms with Gasteiger partial charge in [-0.15, -0.1) is 11.8 Å². The molecule has 2 aromatic rings. The second kappa shape index (κ2) is 9.89. The molecule has 0 spiro atoms. The number of benzene rings is 2. The predicted molar refractivity (Wildman–Crippen MR) is 111 cm³/mol. The summed E-state index contributed by atoms with van der Waals surface area (Å²) in [5.74, 6) is 2.13. The van der Waals surface area contributed by atoms with Crippen molar-refractivity contribution in [3.63, 3.8) is 0 Å². The number of amides is 1. The Kier molecular flexibility index (Phi) is 7.85. The fraction of sp³-hybridized carbons (Fsp3) is 0.381. The van der Waals surface area contributed by atoms with Crippen LogP contribution in [0.3, 0.4) is 0 Å². The topological polar surface area (TPSA) is 38.3 Å². The zero-order chi connectivity index (χ0) is 19.0. The lowest BCUT2D eigenvalue weighted by Crippen LogP contribution is -2.29. The van der Waals surface area contributed by atoms with Gasteiger partial charge in [0.25, 0.3) is 0 Å². The van der Waals surface area contributed by atoms with Crippen LogP contribution in [0.2, 0.25) is 5.02 Å². The number of para-hydroxylation sites is 1. The number of thioether (sulfide) groups is 1. The van der Waals surface area contributed by atoms with E-state index in [0.717, 1.165) is 22.1 Å². The highest BCUT2D eigenvalue weighted by molar-refractivity contribution is 7.99. The van der Waals surface area contributed by atoms with E-state index in [4.69, 9.17) is 16.3 Å². The van der Waals surface area contributed by atoms with E-state index in [0.29, 0.717) is 18.9 Å². The van der Waals surface area contributed by atoms with Gasteiger partial charge in [-0.05, 0) is 34.7 Å². The summed E-state index contributed by atoms with van der Waals surface area (Å²) in [5, 5.41) is 3.63. The molecule has 0 saturated carbocycles. The van der Waals surface area contributed by atoms with Crippen molar-refractivity contribution >= 4 is 29.3 Å². The summed E-state index contributed by atoms with van der Waals surface area (Å²) >= 11 is 7.45. The predicted octanol–water partition coefficient (Wildman–Crippen LogP) is 5.07. The largest absolute Gasteiger partial charge is 0.491 e. The summed E-state index contributed by atoms with van der Waals surface area (Å²) in [6.07, 6.45) is 0. The minimum Gasteiger partial charge on any atom is -0.491 e. The normalized spacial score (nSPS) is 11.2. The average molecular weight is 392 g/mol. The standard InChI is InChI=1S/C21H26ClNO2S/c1-21(2,3)18-6-4-5-7-19(18)25-13-12-23-20(24)15-26-14-16-8-10-17(22)11-9-16/h4-11H,12-15H2,1-3H3,(H,23,24). The molecule has 0 heterocycles. The molecule has 0 atom stereocenters. The van der Waals surface area contributed by atoms with Crippen LogP contribution < -0.4 is 10.1 Å². The van der Waals surface area contributed by atoms with Crippen LogP contribution >= 0.6 is 23.4 Å². The third-order valence-corrected chi connectivity index (χ3v) is 5.05. The summed E-state index contributed by atoms with van der Waals surface area (Å²) in [6, 6.07) is 15.7. The van der Waals surface area contributed by atoms with Crippen molar-refractivity contribution in [2.75, 3.05) is 18.9 Å². The van der Waals surface area contributed by atoms with Gasteiger partial charge in [0.1, 0.15) is 12.4 Å². The molecule has 1 N–H and O–H groups in total. The molecule has 5 heteroatoms. The Balaban J connectivity index is 1.67. The third-order valence-electron chi connectivity index (χ3n) is 3.79. The Labute approximate surface area is 165 Å². The number of nitrogens with one attached hydrogen (secondary N) is 1. The van der Waals surface area contributed by atoms with E-state index in [1.807, 2.05) is 42.5 Å². The molecule has 140 valence electrons. The minimum atomic E-state index is 0.0247. The number of rotatable bonds is 8. The molecule has 26 heavy (non-hydrogen) atoms. The zero-order valence-corrected chi connectivity index (χ0v) is 17.1. The fourth-order valence-corrected chi connectivity index (χ4v) is 3.40. The van der Waals surface area contributed by atoms with Crippen LogP contribution in [-0.4, -0.2) is 24.8 Å². The minimum absolute atomic E-state index is 0.0247. The van der Waals surface area contributed by atoms with Crippen molar-refractivity contribution in [1.82, 2.24) is 5.32 Å². The van der Waals surface area contributed by atoms with Gasteiger partial charge in [-0.25, -0.2) is 0 Å². The number of carbonyl (C=O) groups is 1. The van der Waals surface area contributed by atoms with Gasteiger partial charge in [-0.3, -0.25) is 4.79 Å². The number of ether oxygens (including phenoxy) is 1. The Morgan fingerprint density at radius 3 is 2.50 bits per heavy atom. The van der Waals surface area contributed by atoms with Crippen molar-refractivity contribution in [2.45, 2.75) is 31.9 Å². The van der Waals surface area contributed by atoms with Gasteiger partial charge in [0.05, 0.1) is 12.3 Å². The molecule has 3 nitrogen and oxygen atoms in total. The number of hydrogen-bond donors (Lipinski definition) is 1. The Morgan fingerprint density at radius 1 is 1.12 bits per heavy atom. The molecular formula is C21H26ClNO2S. The third kappa shape index (κ3) is 6.93. The SMILES string of the molecule is CC(C)(C)c1ccccc1OCCNC(=O)CSCc1ccc(Cl)cc1. The van der Waals surface area contributed by atoms with Crippen LogP contribution in [-0.2, 0) is 16.0 Å². The maximum Gasteiger partial charge on any atom is 0.230 e. The molecule has 0 unspecified atom stereocenters. The van der Waals surface area contributed by atoms with E-state index in [-0.39, 0.29) is 11.3 Å². The monoisotopic (exact) mass is 391 g/mol. The van der Waals surface area contributed by atoms with Gasteiger partial charge in [0.2, 0.25) is 5.91 Å². The zero-order valence-electron chi connectivity index (χ0n) is 15.5. The van der Waals surface area contributed by atoms with E-state index in [2.05, 4.69) is 32.2 Å². The van der Waals surface area contributed by atoms with Crippen molar-refractivity contribution in [2.24, 2.45) is 0 Å². The van der Waals surface area contributed by atoms with Crippen molar-refractivity contribution in [3.8, 4) is 5.75 Å². The average Bonchev–Trinajstić information content (AvgIpc) is 2.60. The van der Waals surface area contributed by atoms with E-state index < -0.39 is 0 Å². The van der Waals surface area contributed by atoms with Crippen LogP contribution in [0.15, 0.2) is 48.5 Å². The first kappa shape index (κ1) is 20.7. The number of carbonyl (C=O) groups excluding carboxylic acids is 1. The Morgan fingerprint density at radius 2 is 1.81 bits per heavy atom. The lowest BCUT2D eigenvalue weighted by atomic mass is 9.86. The first-order valence-electron chi connectivity index (χ1n) is 8.67. The van der Waals surface area contributed by atoms with Gasteiger partial charge < -0.3 is 10.1 Å². The molecule has 0 aliphatic rings. The van der Waals surface area contributed by atoms with Crippen LogP contribution in [0.25, 0.3) is 0 Å². The smallest absolute Gasteiger partial charge is 0.230 e. The highest BCUT2D eigenvalue weighted by Gasteiger charge is 2.18. The van der Waals surface area contributed by atoms with Crippen molar-refractivity contribution in [3.05, 3.63) is 64.7 Å². The molecule has 2 rings (SSSR count). The van der Waals surface area contributed by atoms with Gasteiger partial charge in [-0.2, -0.15) is 0 Å². The highest BCUT2D eigenvalue weighted by Crippen LogP contribution is 2.30. The van der Waals surface area contributed by atoms with Crippen LogP contribution in [0.1, 0.15) is 31.9 Å². The molecular weight excluding hydrogens is 366 g/mol. The maximum atomic E-state index is 11.9. The van der Waals surface area contributed by atoms with Crippen molar-refractivity contribution in [1.29, 1.82) is 0 Å². The quantitative estimate of drug-likeness (QED) is 0.638. The first-order valence-corrected chi connectivity index (χ1v) is 10.2. The van der Waals surface area contributed by atoms with E-state index in [9.17, 15) is 4.79 Å². The van der Waals surface area contributed by atoms with Crippen molar-refractivity contribution < 1.29 is 9.53 Å². The van der Waals surface area contributed by atoms with E-state index in [1.54, 1.807) is 11.8 Å². The van der Waals surface area contributed by atoms with Crippen LogP contribution in [0.5, 0.6) is 5.75 Å². The van der Waals surface area contributed by atoms with Gasteiger partial charge in [-0.1, -0.05) is 62.7 Å². The maximum absolute atomic E-state index is 11.9. The van der Waals surface area contributed by atoms with Gasteiger partial charge in [0.15, 0.2) is 0 Å². The molecule has 0 aliphatic carbocycles. The molecule has 1 amide bonds. The summed E-state index contributed by atoms with van der Waals surface area (Å²) in [4.78, 5) is 11.9. The molecule has 0 aromatic heterocycles. The second-order valence-corrected chi connectivity index (χ2v) is 8.49. The van der Waals surface area contributed by atoms with Gasteiger partial charge in [0, 0.05) is 10.8 Å². The number of hydrogen-bond acceptors (Lipinski definition) is 3. The van der Waals surface area contributed by atoms with E-state index >= 15 is 0 Å². The molecule has 0 radical (unpaired) electrons. The molecule has 0 saturated heterocycles. The summed E-state index contributed by atoms with van der Waals surface area (Å²) in [5.41, 5.74) is 2.36. The second-order valence-electron chi connectivity index (χ2n) is 7.06.